The summed E-state index contributed by atoms with van der Waals surface area (Å²) in [5, 5.41) is 13.7. The lowest BCUT2D eigenvalue weighted by atomic mass is 9.69. The van der Waals surface area contributed by atoms with E-state index in [2.05, 4.69) is 49.7 Å². The number of nitrogens with zero attached hydrogens (tertiary/aromatic N) is 2. The molecule has 1 saturated carbocycles. The van der Waals surface area contributed by atoms with Crippen molar-refractivity contribution in [2.45, 2.75) is 85.4 Å². The van der Waals surface area contributed by atoms with Gasteiger partial charge >= 0.3 is 5.97 Å². The molecule has 0 spiro atoms. The third-order valence-electron chi connectivity index (χ3n) is 9.64. The van der Waals surface area contributed by atoms with Crippen LogP contribution in [0, 0.1) is 17.3 Å². The highest BCUT2D eigenvalue weighted by Crippen LogP contribution is 2.40. The highest BCUT2D eigenvalue weighted by molar-refractivity contribution is 6.36. The second kappa shape index (κ2) is 16.8. The molecule has 50 heavy (non-hydrogen) atoms. The number of aromatic carboxylic acids is 1. The summed E-state index contributed by atoms with van der Waals surface area (Å²) in [5.74, 6) is 1.14. The van der Waals surface area contributed by atoms with Gasteiger partial charge in [0.15, 0.2) is 0 Å². The molecule has 5 rings (SSSR count). The van der Waals surface area contributed by atoms with Crippen molar-refractivity contribution in [2.75, 3.05) is 0 Å². The molecule has 2 N–H and O–H groups in total. The molecule has 3 aromatic carbocycles. The van der Waals surface area contributed by atoms with Crippen molar-refractivity contribution >= 4 is 35.1 Å². The first kappa shape index (κ1) is 37.2. The Morgan fingerprint density at radius 2 is 1.66 bits per heavy atom. The number of carbonyl (C=O) groups is 2. The number of allylic oxidation sites excluding steroid dienone is 2. The van der Waals surface area contributed by atoms with E-state index in [0.717, 1.165) is 60.3 Å². The number of imidazole rings is 1. The molecule has 1 aromatic heterocycles. The second-order valence-corrected chi connectivity index (χ2v) is 15.1. The summed E-state index contributed by atoms with van der Waals surface area (Å²) in [4.78, 5) is 30.2. The SMILES string of the molecule is CC/C=C/Cn1cc(-c2ccc(Cl)cc2Cl)nc1[C@H](Cc1ccc(OCc2ccc(C(=O)O)cc2)cc1)NC(=O)C1CCC(C(C)(C)C)CC1. The molecule has 1 amide bonds. The molecular weight excluding hydrogens is 669 g/mol. The van der Waals surface area contributed by atoms with E-state index < -0.39 is 12.0 Å². The van der Waals surface area contributed by atoms with E-state index in [1.165, 1.54) is 0 Å². The van der Waals surface area contributed by atoms with Crippen LogP contribution in [0.1, 0.15) is 93.2 Å². The summed E-state index contributed by atoms with van der Waals surface area (Å²) in [6, 6.07) is 19.5. The number of carboxylic acid groups (broad SMARTS) is 1. The van der Waals surface area contributed by atoms with Crippen LogP contribution >= 0.6 is 23.2 Å². The van der Waals surface area contributed by atoms with Gasteiger partial charge in [0.2, 0.25) is 5.91 Å². The van der Waals surface area contributed by atoms with Crippen LogP contribution in [0.4, 0.5) is 0 Å². The van der Waals surface area contributed by atoms with Gasteiger partial charge in [-0.1, -0.05) is 87.3 Å². The monoisotopic (exact) mass is 715 g/mol. The first-order valence-electron chi connectivity index (χ1n) is 17.4. The largest absolute Gasteiger partial charge is 0.489 e. The summed E-state index contributed by atoms with van der Waals surface area (Å²) >= 11 is 12.9. The quantitative estimate of drug-likeness (QED) is 0.134. The maximum absolute atomic E-state index is 14.0. The van der Waals surface area contributed by atoms with Gasteiger partial charge in [0.1, 0.15) is 18.2 Å². The molecule has 1 aliphatic carbocycles. The van der Waals surface area contributed by atoms with E-state index in [-0.39, 0.29) is 22.8 Å². The third-order valence-corrected chi connectivity index (χ3v) is 10.2. The van der Waals surface area contributed by atoms with Crippen LogP contribution < -0.4 is 10.1 Å². The molecule has 1 aliphatic rings. The maximum Gasteiger partial charge on any atom is 0.335 e. The Morgan fingerprint density at radius 3 is 2.28 bits per heavy atom. The Hall–Kier alpha value is -4.07. The van der Waals surface area contributed by atoms with Gasteiger partial charge in [-0.25, -0.2) is 9.78 Å². The molecule has 0 saturated heterocycles. The van der Waals surface area contributed by atoms with Gasteiger partial charge in [-0.05, 0) is 103 Å². The fourth-order valence-corrected chi connectivity index (χ4v) is 7.13. The standard InChI is InChI=1S/C41H47Cl2N3O4/c1-5-6-7-22-46-25-37(34-21-18-32(42)24-35(34)43)44-38(46)36(45-39(47)29-14-16-31(17-15-29)41(2,3)4)23-27-10-19-33(20-11-27)50-26-28-8-12-30(13-9-28)40(48)49/h6-13,18-21,24-25,29,31,36H,5,14-17,22-23,26H2,1-4H3,(H,45,47)(H,48,49)/b7-6+/t29?,31?,36-/m0/s1. The molecule has 1 atom stereocenters. The number of carboxylic acids is 1. The van der Waals surface area contributed by atoms with Crippen molar-refractivity contribution in [1.82, 2.24) is 14.9 Å². The fourth-order valence-electron chi connectivity index (χ4n) is 6.62. The highest BCUT2D eigenvalue weighted by Gasteiger charge is 2.34. The van der Waals surface area contributed by atoms with Gasteiger partial charge in [0.25, 0.3) is 0 Å². The fraction of sp³-hybridized carbons (Fsp3) is 0.390. The smallest absolute Gasteiger partial charge is 0.335 e. The number of rotatable bonds is 13. The van der Waals surface area contributed by atoms with Crippen LogP contribution in [0.15, 0.2) is 85.1 Å². The number of aromatic nitrogens is 2. The minimum absolute atomic E-state index is 0.0370. The zero-order chi connectivity index (χ0) is 35.8. The van der Waals surface area contributed by atoms with E-state index in [4.69, 9.17) is 38.0 Å². The summed E-state index contributed by atoms with van der Waals surface area (Å²) in [5.41, 5.74) is 3.87. The molecule has 0 unspecified atom stereocenters. The van der Waals surface area contributed by atoms with Crippen molar-refractivity contribution in [3.8, 4) is 17.0 Å². The topological polar surface area (TPSA) is 93.5 Å². The summed E-state index contributed by atoms with van der Waals surface area (Å²) in [7, 11) is 0. The number of halogens is 2. The Labute approximate surface area is 305 Å². The van der Waals surface area contributed by atoms with E-state index >= 15 is 0 Å². The Morgan fingerprint density at radius 1 is 0.980 bits per heavy atom. The predicted octanol–water partition coefficient (Wildman–Crippen LogP) is 10.4. The lowest BCUT2D eigenvalue weighted by Gasteiger charge is -2.36. The Balaban J connectivity index is 1.40. The van der Waals surface area contributed by atoms with Crippen molar-refractivity contribution < 1.29 is 19.4 Å². The number of amides is 1. The highest BCUT2D eigenvalue weighted by atomic mass is 35.5. The maximum atomic E-state index is 14.0. The number of benzene rings is 3. The first-order valence-corrected chi connectivity index (χ1v) is 18.2. The van der Waals surface area contributed by atoms with Gasteiger partial charge in [-0.15, -0.1) is 0 Å². The van der Waals surface area contributed by atoms with E-state index in [0.29, 0.717) is 41.3 Å². The average Bonchev–Trinajstić information content (AvgIpc) is 3.51. The van der Waals surface area contributed by atoms with Gasteiger partial charge in [-0.2, -0.15) is 0 Å². The number of carbonyl (C=O) groups excluding carboxylic acids is 1. The summed E-state index contributed by atoms with van der Waals surface area (Å²) < 4.78 is 8.09. The van der Waals surface area contributed by atoms with Gasteiger partial charge in [0, 0.05) is 29.2 Å². The van der Waals surface area contributed by atoms with Crippen molar-refractivity contribution in [3.05, 3.63) is 118 Å². The average molecular weight is 717 g/mol. The van der Waals surface area contributed by atoms with Gasteiger partial charge in [-0.3, -0.25) is 4.79 Å². The third kappa shape index (κ3) is 9.79. The number of hydrogen-bond acceptors (Lipinski definition) is 4. The molecular formula is C41H47Cl2N3O4. The predicted molar refractivity (Wildman–Crippen MR) is 201 cm³/mol. The molecule has 0 aliphatic heterocycles. The van der Waals surface area contributed by atoms with Crippen LogP contribution in [0.3, 0.4) is 0 Å². The summed E-state index contributed by atoms with van der Waals surface area (Å²) in [6.07, 6.45) is 11.5. The number of ether oxygens (including phenoxy) is 1. The van der Waals surface area contributed by atoms with E-state index in [1.807, 2.05) is 36.5 Å². The van der Waals surface area contributed by atoms with Gasteiger partial charge < -0.3 is 19.7 Å². The van der Waals surface area contributed by atoms with Crippen molar-refractivity contribution in [1.29, 1.82) is 0 Å². The van der Waals surface area contributed by atoms with Gasteiger partial charge in [0.05, 0.1) is 22.3 Å². The molecule has 4 aromatic rings. The molecule has 0 radical (unpaired) electrons. The van der Waals surface area contributed by atoms with Crippen molar-refractivity contribution in [3.63, 3.8) is 0 Å². The Kier molecular flexibility index (Phi) is 12.5. The van der Waals surface area contributed by atoms with Crippen molar-refractivity contribution in [2.24, 2.45) is 17.3 Å². The van der Waals surface area contributed by atoms with Crippen LogP contribution in [-0.2, 0) is 24.4 Å². The Bertz CT molecular complexity index is 1780. The van der Waals surface area contributed by atoms with Crippen LogP contribution in [0.25, 0.3) is 11.3 Å². The number of hydrogen-bond donors (Lipinski definition) is 2. The molecule has 1 fully saturated rings. The number of nitrogens with one attached hydrogen (secondary N) is 1. The molecule has 0 bridgehead atoms. The molecule has 1 heterocycles. The molecule has 7 nitrogen and oxygen atoms in total. The minimum atomic E-state index is -0.958. The lowest BCUT2D eigenvalue weighted by Crippen LogP contribution is -2.38. The summed E-state index contributed by atoms with van der Waals surface area (Å²) in [6.45, 7) is 9.89. The zero-order valence-corrected chi connectivity index (χ0v) is 30.8. The van der Waals surface area contributed by atoms with Crippen LogP contribution in [0.2, 0.25) is 10.0 Å². The van der Waals surface area contributed by atoms with Crippen LogP contribution in [-0.4, -0.2) is 26.5 Å². The van der Waals surface area contributed by atoms with Crippen LogP contribution in [0.5, 0.6) is 5.75 Å². The normalized spacial score (nSPS) is 17.1. The molecule has 9 heteroatoms. The van der Waals surface area contributed by atoms with E-state index in [9.17, 15) is 9.59 Å². The minimum Gasteiger partial charge on any atom is -0.489 e. The zero-order valence-electron chi connectivity index (χ0n) is 29.3. The first-order chi connectivity index (χ1) is 23.9. The van der Waals surface area contributed by atoms with E-state index in [1.54, 1.807) is 36.4 Å². The second-order valence-electron chi connectivity index (χ2n) is 14.3. The molecule has 264 valence electrons. The lowest BCUT2D eigenvalue weighted by molar-refractivity contribution is -0.127.